The van der Waals surface area contributed by atoms with Crippen LogP contribution in [0.3, 0.4) is 0 Å². The molecular formula is C5H13N. The Kier molecular flexibility index (Phi) is 13.5. The minimum Gasteiger partial charge on any atom is -0.328 e. The van der Waals surface area contributed by atoms with Gasteiger partial charge < -0.3 is 5.73 Å². The van der Waals surface area contributed by atoms with Gasteiger partial charge >= 0.3 is 0 Å². The Hall–Kier alpha value is -0.300. The first-order chi connectivity index (χ1) is 2.73. The molecule has 0 heterocycles. The normalized spacial score (nSPS) is 6.67. The highest BCUT2D eigenvalue weighted by Crippen LogP contribution is 1.58. The number of nitrogens with two attached hydrogens (primary N) is 1. The predicted octanol–water partition coefficient (Wildman–Crippen LogP) is 1.16. The van der Waals surface area contributed by atoms with Gasteiger partial charge in [0.2, 0.25) is 0 Å². The van der Waals surface area contributed by atoms with E-state index in [9.17, 15) is 0 Å². The first-order valence-electron chi connectivity index (χ1n) is 1.99. The molecule has 0 aliphatic rings. The molecule has 0 aliphatic heterocycles. The molecule has 0 atom stereocenters. The third-order valence-corrected chi connectivity index (χ3v) is 0. The highest BCUT2D eigenvalue weighted by atomic mass is 14.6. The fourth-order valence-electron chi connectivity index (χ4n) is 0. The molecule has 0 aromatic carbocycles. The van der Waals surface area contributed by atoms with E-state index in [-0.39, 0.29) is 0 Å². The van der Waals surface area contributed by atoms with Crippen LogP contribution < -0.4 is 5.73 Å². The molecule has 1 heteroatoms. The standard InChI is InChI=1S/C3H9N.C2H4/c1-3(2)4;1-2/h3H,4H2,1-2H3;1-2H2. The molecule has 0 bridgehead atoms. The molecule has 0 aliphatic carbocycles. The third kappa shape index (κ3) is 300. The monoisotopic (exact) mass is 87.1 g/mol. The van der Waals surface area contributed by atoms with E-state index in [0.717, 1.165) is 0 Å². The number of rotatable bonds is 0. The lowest BCUT2D eigenvalue weighted by Gasteiger charge is -1.81. The van der Waals surface area contributed by atoms with Crippen LogP contribution in [0.1, 0.15) is 13.8 Å². The van der Waals surface area contributed by atoms with Crippen molar-refractivity contribution >= 4 is 0 Å². The summed E-state index contributed by atoms with van der Waals surface area (Å²) in [6, 6.07) is 0.333. The topological polar surface area (TPSA) is 26.0 Å². The second-order valence-electron chi connectivity index (χ2n) is 1.24. The lowest BCUT2D eigenvalue weighted by Crippen LogP contribution is -2.06. The molecule has 0 aromatic rings. The lowest BCUT2D eigenvalue weighted by molar-refractivity contribution is 0.834. The van der Waals surface area contributed by atoms with E-state index < -0.39 is 0 Å². The largest absolute Gasteiger partial charge is 0.328 e. The van der Waals surface area contributed by atoms with Gasteiger partial charge in [0.25, 0.3) is 0 Å². The quantitative estimate of drug-likeness (QED) is 0.441. The molecule has 6 heavy (non-hydrogen) atoms. The van der Waals surface area contributed by atoms with Crippen LogP contribution >= 0.6 is 0 Å². The third-order valence-electron chi connectivity index (χ3n) is 0. The van der Waals surface area contributed by atoms with Gasteiger partial charge in [0.05, 0.1) is 0 Å². The molecular weight excluding hydrogens is 74.1 g/mol. The van der Waals surface area contributed by atoms with Gasteiger partial charge in [-0.1, -0.05) is 13.8 Å². The zero-order valence-electron chi connectivity index (χ0n) is 4.57. The van der Waals surface area contributed by atoms with E-state index in [4.69, 9.17) is 5.73 Å². The van der Waals surface area contributed by atoms with Crippen LogP contribution in [0, 0.1) is 0 Å². The molecule has 2 N–H and O–H groups in total. The summed E-state index contributed by atoms with van der Waals surface area (Å²) in [4.78, 5) is 0. The van der Waals surface area contributed by atoms with Crippen molar-refractivity contribution in [2.45, 2.75) is 19.9 Å². The van der Waals surface area contributed by atoms with Crippen LogP contribution in [0.2, 0.25) is 0 Å². The highest BCUT2D eigenvalue weighted by molar-refractivity contribution is 4.32. The van der Waals surface area contributed by atoms with E-state index in [0.29, 0.717) is 6.04 Å². The zero-order chi connectivity index (χ0) is 5.58. The van der Waals surface area contributed by atoms with E-state index in [2.05, 4.69) is 13.2 Å². The van der Waals surface area contributed by atoms with Gasteiger partial charge in [-0.3, -0.25) is 0 Å². The van der Waals surface area contributed by atoms with Crippen LogP contribution in [0.25, 0.3) is 0 Å². The van der Waals surface area contributed by atoms with E-state index in [1.165, 1.54) is 0 Å². The van der Waals surface area contributed by atoms with Crippen molar-refractivity contribution in [3.63, 3.8) is 0 Å². The summed E-state index contributed by atoms with van der Waals surface area (Å²) in [5.74, 6) is 0. The Morgan fingerprint density at radius 3 is 1.33 bits per heavy atom. The van der Waals surface area contributed by atoms with Crippen LogP contribution in [0.5, 0.6) is 0 Å². The van der Waals surface area contributed by atoms with Gasteiger partial charge in [-0.2, -0.15) is 0 Å². The van der Waals surface area contributed by atoms with Crippen LogP contribution in [-0.4, -0.2) is 6.04 Å². The maximum atomic E-state index is 5.11. The molecule has 38 valence electrons. The summed E-state index contributed by atoms with van der Waals surface area (Å²) in [7, 11) is 0. The smallest absolute Gasteiger partial charge is 0.00179 e. The summed E-state index contributed by atoms with van der Waals surface area (Å²) in [5.41, 5.74) is 5.11. The second-order valence-corrected chi connectivity index (χ2v) is 1.24. The Bertz CT molecular complexity index is 15.1. The van der Waals surface area contributed by atoms with E-state index >= 15 is 0 Å². The summed E-state index contributed by atoms with van der Waals surface area (Å²) in [6.45, 7) is 9.89. The average molecular weight is 87.2 g/mol. The molecule has 0 unspecified atom stereocenters. The van der Waals surface area contributed by atoms with E-state index in [1.807, 2.05) is 13.8 Å². The van der Waals surface area contributed by atoms with Gasteiger partial charge in [-0.25, -0.2) is 0 Å². The molecule has 0 saturated carbocycles. The fourth-order valence-corrected chi connectivity index (χ4v) is 0. The van der Waals surface area contributed by atoms with Crippen molar-refractivity contribution in [3.05, 3.63) is 13.2 Å². The Morgan fingerprint density at radius 2 is 1.33 bits per heavy atom. The molecule has 0 saturated heterocycles. The molecule has 0 rings (SSSR count). The summed E-state index contributed by atoms with van der Waals surface area (Å²) < 4.78 is 0. The van der Waals surface area contributed by atoms with Gasteiger partial charge in [-0.15, -0.1) is 13.2 Å². The van der Waals surface area contributed by atoms with Gasteiger partial charge in [0.15, 0.2) is 0 Å². The molecule has 0 amide bonds. The Morgan fingerprint density at radius 1 is 1.33 bits per heavy atom. The van der Waals surface area contributed by atoms with Crippen molar-refractivity contribution < 1.29 is 0 Å². The van der Waals surface area contributed by atoms with Gasteiger partial charge in [-0.05, 0) is 6.04 Å². The van der Waals surface area contributed by atoms with Crippen LogP contribution in [0.15, 0.2) is 13.2 Å². The average Bonchev–Trinajstić information content (AvgIpc) is 1.41. The predicted molar refractivity (Wildman–Crippen MR) is 30.6 cm³/mol. The fraction of sp³-hybridized carbons (Fsp3) is 0.600. The van der Waals surface area contributed by atoms with Gasteiger partial charge in [0, 0.05) is 0 Å². The highest BCUT2D eigenvalue weighted by Gasteiger charge is 1.67. The zero-order valence-corrected chi connectivity index (χ0v) is 4.57. The Labute approximate surface area is 39.9 Å². The van der Waals surface area contributed by atoms with E-state index in [1.54, 1.807) is 0 Å². The van der Waals surface area contributed by atoms with Crippen molar-refractivity contribution in [1.82, 2.24) is 0 Å². The first-order valence-corrected chi connectivity index (χ1v) is 1.99. The van der Waals surface area contributed by atoms with Crippen LogP contribution in [-0.2, 0) is 0 Å². The van der Waals surface area contributed by atoms with Crippen molar-refractivity contribution in [2.24, 2.45) is 5.73 Å². The number of hydrogen-bond acceptors (Lipinski definition) is 1. The lowest BCUT2D eigenvalue weighted by atomic mass is 10.5. The molecule has 0 fully saturated rings. The maximum Gasteiger partial charge on any atom is -0.00179 e. The summed E-state index contributed by atoms with van der Waals surface area (Å²) in [5, 5.41) is 0. The SMILES string of the molecule is C=C.CC(C)N. The molecule has 0 radical (unpaired) electrons. The molecule has 1 nitrogen and oxygen atoms in total. The Balaban J connectivity index is 0. The van der Waals surface area contributed by atoms with Crippen LogP contribution in [0.4, 0.5) is 0 Å². The first kappa shape index (κ1) is 9.20. The summed E-state index contributed by atoms with van der Waals surface area (Å²) in [6.07, 6.45) is 0. The second kappa shape index (κ2) is 8.83. The van der Waals surface area contributed by atoms with Crippen molar-refractivity contribution in [2.75, 3.05) is 0 Å². The van der Waals surface area contributed by atoms with Gasteiger partial charge in [0.1, 0.15) is 0 Å². The minimum atomic E-state index is 0.333. The maximum absolute atomic E-state index is 5.11. The van der Waals surface area contributed by atoms with Crippen molar-refractivity contribution in [1.29, 1.82) is 0 Å². The van der Waals surface area contributed by atoms with Crippen molar-refractivity contribution in [3.8, 4) is 0 Å². The number of hydrogen-bond donors (Lipinski definition) is 1. The summed E-state index contributed by atoms with van der Waals surface area (Å²) >= 11 is 0. The minimum absolute atomic E-state index is 0.333. The molecule has 0 spiro atoms. The molecule has 0 aromatic heterocycles.